The molecule has 3 aromatic rings. The van der Waals surface area contributed by atoms with E-state index in [0.29, 0.717) is 5.71 Å². The summed E-state index contributed by atoms with van der Waals surface area (Å²) in [5.41, 5.74) is 2.66. The summed E-state index contributed by atoms with van der Waals surface area (Å²) in [6.45, 7) is 0. The molecule has 68 valence electrons. The first-order chi connectivity index (χ1) is 6.93. The molecule has 3 aromatic heterocycles. The van der Waals surface area contributed by atoms with Crippen molar-refractivity contribution in [3.05, 3.63) is 36.0 Å². The van der Waals surface area contributed by atoms with Crippen molar-refractivity contribution in [3.63, 3.8) is 0 Å². The van der Waals surface area contributed by atoms with Crippen LogP contribution in [0.1, 0.15) is 0 Å². The van der Waals surface area contributed by atoms with E-state index in [1.54, 1.807) is 12.5 Å². The fourth-order valence-corrected chi connectivity index (χ4v) is 1.89. The number of rotatable bonds is 1. The minimum atomic E-state index is 0.670. The molecule has 0 bridgehead atoms. The molecule has 0 saturated heterocycles. The zero-order valence-electron chi connectivity index (χ0n) is 7.18. The molecule has 0 aliphatic carbocycles. The number of hydrogen-bond acceptors (Lipinski definition) is 4. The smallest absolute Gasteiger partial charge is 0.225 e. The van der Waals surface area contributed by atoms with Gasteiger partial charge in [-0.25, -0.2) is 4.98 Å². The molecule has 14 heavy (non-hydrogen) atoms. The van der Waals surface area contributed by atoms with Crippen molar-refractivity contribution in [2.75, 3.05) is 0 Å². The van der Waals surface area contributed by atoms with Gasteiger partial charge in [0.25, 0.3) is 0 Å². The Kier molecular flexibility index (Phi) is 1.61. The van der Waals surface area contributed by atoms with Crippen molar-refractivity contribution in [3.8, 4) is 11.3 Å². The average Bonchev–Trinajstić information content (AvgIpc) is 2.88. The minimum Gasteiger partial charge on any atom is -0.446 e. The normalized spacial score (nSPS) is 10.9. The molecule has 3 nitrogen and oxygen atoms in total. The van der Waals surface area contributed by atoms with Gasteiger partial charge in [-0.05, 0) is 29.7 Å². The fraction of sp³-hybridized carbons (Fsp3) is 0. The summed E-state index contributed by atoms with van der Waals surface area (Å²) in [6.07, 6.45) is 3.42. The van der Waals surface area contributed by atoms with Gasteiger partial charge in [0.05, 0.1) is 12.0 Å². The zero-order chi connectivity index (χ0) is 9.38. The van der Waals surface area contributed by atoms with Crippen molar-refractivity contribution in [2.45, 2.75) is 0 Å². The van der Waals surface area contributed by atoms with Crippen LogP contribution in [0.25, 0.3) is 22.4 Å². The monoisotopic (exact) mass is 202 g/mol. The van der Waals surface area contributed by atoms with Crippen LogP contribution in [-0.4, -0.2) is 9.36 Å². The van der Waals surface area contributed by atoms with Crippen LogP contribution in [0.15, 0.2) is 40.5 Å². The number of aromatic nitrogens is 2. The first-order valence-electron chi connectivity index (χ1n) is 4.17. The molecule has 0 aliphatic rings. The summed E-state index contributed by atoms with van der Waals surface area (Å²) < 4.78 is 9.41. The molecular formula is C10H6N2OS. The SMILES string of the molecule is c1cc2cc(-c3ccsn3)cnc2o1. The highest BCUT2D eigenvalue weighted by atomic mass is 32.1. The molecule has 0 saturated carbocycles. The van der Waals surface area contributed by atoms with E-state index in [1.165, 1.54) is 11.5 Å². The number of furan rings is 1. The molecule has 0 aliphatic heterocycles. The maximum absolute atomic E-state index is 5.16. The topological polar surface area (TPSA) is 38.9 Å². The Hall–Kier alpha value is -1.68. The van der Waals surface area contributed by atoms with Crippen LogP contribution >= 0.6 is 11.5 Å². The van der Waals surface area contributed by atoms with Crippen LogP contribution in [0.4, 0.5) is 0 Å². The molecule has 0 amide bonds. The van der Waals surface area contributed by atoms with Crippen LogP contribution in [0, 0.1) is 0 Å². The summed E-state index contributed by atoms with van der Waals surface area (Å²) in [7, 11) is 0. The van der Waals surface area contributed by atoms with Crippen molar-refractivity contribution in [1.29, 1.82) is 0 Å². The second-order valence-corrected chi connectivity index (χ2v) is 3.59. The third kappa shape index (κ3) is 1.12. The predicted octanol–water partition coefficient (Wildman–Crippen LogP) is 2.95. The zero-order valence-corrected chi connectivity index (χ0v) is 7.99. The van der Waals surface area contributed by atoms with Gasteiger partial charge < -0.3 is 4.42 Å². The molecule has 0 atom stereocenters. The van der Waals surface area contributed by atoms with Crippen molar-refractivity contribution in [2.24, 2.45) is 0 Å². The van der Waals surface area contributed by atoms with Crippen LogP contribution in [0.5, 0.6) is 0 Å². The van der Waals surface area contributed by atoms with Gasteiger partial charge in [0.15, 0.2) is 0 Å². The lowest BCUT2D eigenvalue weighted by atomic mass is 10.2. The van der Waals surface area contributed by atoms with E-state index in [2.05, 4.69) is 9.36 Å². The van der Waals surface area contributed by atoms with Gasteiger partial charge >= 0.3 is 0 Å². The van der Waals surface area contributed by atoms with Gasteiger partial charge in [-0.3, -0.25) is 0 Å². The van der Waals surface area contributed by atoms with E-state index in [1.807, 2.05) is 23.6 Å². The molecule has 3 heterocycles. The summed E-state index contributed by atoms with van der Waals surface area (Å²) in [6, 6.07) is 5.91. The molecule has 4 heteroatoms. The first-order valence-corrected chi connectivity index (χ1v) is 5.01. The summed E-state index contributed by atoms with van der Waals surface area (Å²) >= 11 is 1.44. The lowest BCUT2D eigenvalue weighted by Crippen LogP contribution is -1.79. The summed E-state index contributed by atoms with van der Waals surface area (Å²) in [5, 5.41) is 2.96. The van der Waals surface area contributed by atoms with Crippen LogP contribution in [0.3, 0.4) is 0 Å². The average molecular weight is 202 g/mol. The van der Waals surface area contributed by atoms with Gasteiger partial charge in [-0.2, -0.15) is 4.37 Å². The Bertz CT molecular complexity index is 556. The first kappa shape index (κ1) is 7.70. The lowest BCUT2D eigenvalue weighted by molar-refractivity contribution is 0.603. The van der Waals surface area contributed by atoms with E-state index in [0.717, 1.165) is 16.6 Å². The molecule has 0 radical (unpaired) electrons. The van der Waals surface area contributed by atoms with Crippen LogP contribution < -0.4 is 0 Å². The second-order valence-electron chi connectivity index (χ2n) is 2.92. The molecule has 3 rings (SSSR count). The fourth-order valence-electron chi connectivity index (χ4n) is 1.36. The third-order valence-electron chi connectivity index (χ3n) is 2.04. The van der Waals surface area contributed by atoms with Crippen LogP contribution in [0.2, 0.25) is 0 Å². The van der Waals surface area contributed by atoms with Crippen LogP contribution in [-0.2, 0) is 0 Å². The van der Waals surface area contributed by atoms with E-state index >= 15 is 0 Å². The Morgan fingerprint density at radius 3 is 3.14 bits per heavy atom. The minimum absolute atomic E-state index is 0.670. The number of nitrogens with zero attached hydrogens (tertiary/aromatic N) is 2. The molecule has 0 aromatic carbocycles. The van der Waals surface area contributed by atoms with E-state index in [9.17, 15) is 0 Å². The highest BCUT2D eigenvalue weighted by Crippen LogP contribution is 2.22. The second kappa shape index (κ2) is 2.92. The number of pyridine rings is 1. The van der Waals surface area contributed by atoms with Crippen molar-refractivity contribution >= 4 is 22.6 Å². The molecule has 0 unspecified atom stereocenters. The number of fused-ring (bicyclic) bond motifs is 1. The molecule has 0 spiro atoms. The van der Waals surface area contributed by atoms with Crippen molar-refractivity contribution in [1.82, 2.24) is 9.36 Å². The maximum atomic E-state index is 5.16. The van der Waals surface area contributed by atoms with E-state index < -0.39 is 0 Å². The third-order valence-corrected chi connectivity index (χ3v) is 2.60. The highest BCUT2D eigenvalue weighted by Gasteiger charge is 2.03. The van der Waals surface area contributed by atoms with Gasteiger partial charge in [0.1, 0.15) is 0 Å². The Balaban J connectivity index is 2.23. The van der Waals surface area contributed by atoms with Gasteiger partial charge in [0, 0.05) is 22.5 Å². The van der Waals surface area contributed by atoms with E-state index in [4.69, 9.17) is 4.42 Å². The standard InChI is InChI=1S/C10H6N2OS/c1-3-13-10-7(1)5-8(6-11-10)9-2-4-14-12-9/h1-6H. The Morgan fingerprint density at radius 1 is 1.29 bits per heavy atom. The summed E-state index contributed by atoms with van der Waals surface area (Å²) in [4.78, 5) is 4.20. The number of hydrogen-bond donors (Lipinski definition) is 0. The van der Waals surface area contributed by atoms with Crippen molar-refractivity contribution < 1.29 is 4.42 Å². The predicted molar refractivity (Wildman–Crippen MR) is 55.1 cm³/mol. The summed E-state index contributed by atoms with van der Waals surface area (Å²) in [5.74, 6) is 0. The quantitative estimate of drug-likeness (QED) is 0.609. The maximum Gasteiger partial charge on any atom is 0.225 e. The van der Waals surface area contributed by atoms with Gasteiger partial charge in [-0.1, -0.05) is 0 Å². The Labute approximate surface area is 84.2 Å². The van der Waals surface area contributed by atoms with Gasteiger partial charge in [-0.15, -0.1) is 0 Å². The molecular weight excluding hydrogens is 196 g/mol. The largest absolute Gasteiger partial charge is 0.446 e. The molecule has 0 fully saturated rings. The Morgan fingerprint density at radius 2 is 2.29 bits per heavy atom. The lowest BCUT2D eigenvalue weighted by Gasteiger charge is -1.94. The molecule has 0 N–H and O–H groups in total. The van der Waals surface area contributed by atoms with Gasteiger partial charge in [0.2, 0.25) is 5.71 Å². The highest BCUT2D eigenvalue weighted by molar-refractivity contribution is 7.03. The van der Waals surface area contributed by atoms with E-state index in [-0.39, 0.29) is 0 Å².